The van der Waals surface area contributed by atoms with E-state index in [1.165, 1.54) is 0 Å². The fourth-order valence-electron chi connectivity index (χ4n) is 2.69. The number of anilines is 3. The minimum absolute atomic E-state index is 0.194. The van der Waals surface area contributed by atoms with E-state index in [0.717, 1.165) is 22.7 Å². The summed E-state index contributed by atoms with van der Waals surface area (Å²) in [5.74, 6) is -0.194. The molecule has 5 nitrogen and oxygen atoms in total. The first-order valence-electron chi connectivity index (χ1n) is 8.61. The van der Waals surface area contributed by atoms with Crippen LogP contribution in [0.5, 0.6) is 0 Å². The lowest BCUT2D eigenvalue weighted by Gasteiger charge is -2.08. The summed E-state index contributed by atoms with van der Waals surface area (Å²) in [7, 11) is 0. The van der Waals surface area contributed by atoms with Gasteiger partial charge in [-0.2, -0.15) is 5.10 Å². The van der Waals surface area contributed by atoms with Crippen molar-refractivity contribution in [2.75, 3.05) is 10.6 Å². The van der Waals surface area contributed by atoms with Crippen LogP contribution in [0, 0.1) is 0 Å². The number of benzene rings is 3. The molecule has 4 aromatic rings. The summed E-state index contributed by atoms with van der Waals surface area (Å²) in [6.45, 7) is 0. The molecule has 0 aliphatic rings. The third-order valence-corrected chi connectivity index (χ3v) is 4.07. The number of carbonyl (C=O) groups is 1. The van der Waals surface area contributed by atoms with Crippen molar-refractivity contribution in [2.45, 2.75) is 0 Å². The molecule has 0 radical (unpaired) electrons. The summed E-state index contributed by atoms with van der Waals surface area (Å²) in [4.78, 5) is 12.5. The Hall–Kier alpha value is -3.86. The zero-order chi connectivity index (χ0) is 18.5. The van der Waals surface area contributed by atoms with Crippen LogP contribution in [0.4, 0.5) is 17.1 Å². The summed E-state index contributed by atoms with van der Waals surface area (Å²) in [6, 6.07) is 27.2. The summed E-state index contributed by atoms with van der Waals surface area (Å²) >= 11 is 0. The van der Waals surface area contributed by atoms with Gasteiger partial charge in [-0.15, -0.1) is 0 Å². The molecule has 1 aromatic heterocycles. The van der Waals surface area contributed by atoms with Crippen LogP contribution in [0.3, 0.4) is 0 Å². The van der Waals surface area contributed by atoms with Crippen LogP contribution in [0.25, 0.3) is 5.69 Å². The van der Waals surface area contributed by atoms with Crippen molar-refractivity contribution in [3.8, 4) is 5.69 Å². The highest BCUT2D eigenvalue weighted by Gasteiger charge is 2.10. The number of nitrogens with zero attached hydrogens (tertiary/aromatic N) is 2. The smallest absolute Gasteiger partial charge is 0.258 e. The van der Waals surface area contributed by atoms with Crippen molar-refractivity contribution in [3.63, 3.8) is 0 Å². The molecule has 27 heavy (non-hydrogen) atoms. The first kappa shape index (κ1) is 16.6. The van der Waals surface area contributed by atoms with Crippen LogP contribution in [0.2, 0.25) is 0 Å². The molecule has 0 fully saturated rings. The molecule has 4 rings (SSSR count). The van der Waals surface area contributed by atoms with Gasteiger partial charge in [-0.1, -0.05) is 36.4 Å². The third kappa shape index (κ3) is 4.04. The van der Waals surface area contributed by atoms with E-state index < -0.39 is 0 Å². The zero-order valence-electron chi connectivity index (χ0n) is 14.5. The molecular formula is C22H18N4O. The summed E-state index contributed by atoms with van der Waals surface area (Å²) in [5.41, 5.74) is 4.11. The molecule has 0 unspecified atom stereocenters. The van der Waals surface area contributed by atoms with Crippen molar-refractivity contribution < 1.29 is 4.79 Å². The number of hydrogen-bond donors (Lipinski definition) is 2. The standard InChI is InChI=1S/C22H18N4O/c27-22(17-15-23-26(16-17)21-9-5-2-6-10-21)25-20-13-11-19(12-14-20)24-18-7-3-1-4-8-18/h1-16,24H,(H,25,27). The fourth-order valence-corrected chi connectivity index (χ4v) is 2.69. The Balaban J connectivity index is 1.42. The van der Waals surface area contributed by atoms with Gasteiger partial charge < -0.3 is 10.6 Å². The normalized spacial score (nSPS) is 10.4. The van der Waals surface area contributed by atoms with Crippen LogP contribution in [0.15, 0.2) is 97.3 Å². The van der Waals surface area contributed by atoms with Crippen molar-refractivity contribution >= 4 is 23.0 Å². The Morgan fingerprint density at radius 3 is 2.04 bits per heavy atom. The lowest BCUT2D eigenvalue weighted by Crippen LogP contribution is -2.11. The van der Waals surface area contributed by atoms with Gasteiger partial charge in [0.05, 0.1) is 17.4 Å². The van der Waals surface area contributed by atoms with Crippen molar-refractivity contribution in [1.29, 1.82) is 0 Å². The van der Waals surface area contributed by atoms with Crippen molar-refractivity contribution in [3.05, 3.63) is 103 Å². The van der Waals surface area contributed by atoms with Gasteiger partial charge in [0, 0.05) is 23.3 Å². The van der Waals surface area contributed by atoms with Gasteiger partial charge in [0.2, 0.25) is 0 Å². The summed E-state index contributed by atoms with van der Waals surface area (Å²) in [6.07, 6.45) is 3.28. The molecule has 5 heteroatoms. The van der Waals surface area contributed by atoms with Gasteiger partial charge in [0.1, 0.15) is 0 Å². The molecule has 0 aliphatic heterocycles. The fraction of sp³-hybridized carbons (Fsp3) is 0. The van der Waals surface area contributed by atoms with Gasteiger partial charge in [-0.3, -0.25) is 4.79 Å². The molecule has 3 aromatic carbocycles. The van der Waals surface area contributed by atoms with Gasteiger partial charge in [-0.05, 0) is 48.5 Å². The number of rotatable bonds is 5. The molecule has 132 valence electrons. The maximum Gasteiger partial charge on any atom is 0.258 e. The van der Waals surface area contributed by atoms with Crippen LogP contribution in [-0.2, 0) is 0 Å². The monoisotopic (exact) mass is 354 g/mol. The van der Waals surface area contributed by atoms with E-state index in [4.69, 9.17) is 0 Å². The molecule has 1 heterocycles. The molecule has 1 amide bonds. The highest BCUT2D eigenvalue weighted by atomic mass is 16.1. The summed E-state index contributed by atoms with van der Waals surface area (Å²) < 4.78 is 1.68. The molecule has 0 aliphatic carbocycles. The zero-order valence-corrected chi connectivity index (χ0v) is 14.5. The molecule has 0 bridgehead atoms. The molecular weight excluding hydrogens is 336 g/mol. The molecule has 0 spiro atoms. The van der Waals surface area contributed by atoms with Crippen LogP contribution < -0.4 is 10.6 Å². The Labute approximate surface area is 157 Å². The van der Waals surface area contributed by atoms with Crippen LogP contribution >= 0.6 is 0 Å². The number of nitrogens with one attached hydrogen (secondary N) is 2. The predicted molar refractivity (Wildman–Crippen MR) is 108 cm³/mol. The molecule has 0 saturated heterocycles. The number of aromatic nitrogens is 2. The van der Waals surface area contributed by atoms with E-state index in [0.29, 0.717) is 5.56 Å². The van der Waals surface area contributed by atoms with Crippen LogP contribution in [0.1, 0.15) is 10.4 Å². The number of hydrogen-bond acceptors (Lipinski definition) is 3. The van der Waals surface area contributed by atoms with Crippen molar-refractivity contribution in [1.82, 2.24) is 9.78 Å². The minimum atomic E-state index is -0.194. The van der Waals surface area contributed by atoms with E-state index in [-0.39, 0.29) is 5.91 Å². The second-order valence-electron chi connectivity index (χ2n) is 6.03. The van der Waals surface area contributed by atoms with E-state index in [9.17, 15) is 4.79 Å². The average molecular weight is 354 g/mol. The van der Waals surface area contributed by atoms with E-state index in [1.54, 1.807) is 17.1 Å². The van der Waals surface area contributed by atoms with E-state index in [2.05, 4.69) is 15.7 Å². The Morgan fingerprint density at radius 1 is 0.741 bits per heavy atom. The lowest BCUT2D eigenvalue weighted by atomic mass is 10.2. The average Bonchev–Trinajstić information content (AvgIpc) is 3.21. The van der Waals surface area contributed by atoms with Gasteiger partial charge in [0.25, 0.3) is 5.91 Å². The maximum atomic E-state index is 12.5. The SMILES string of the molecule is O=C(Nc1ccc(Nc2ccccc2)cc1)c1cnn(-c2ccccc2)c1. The first-order chi connectivity index (χ1) is 13.3. The van der Waals surface area contributed by atoms with Gasteiger partial charge >= 0.3 is 0 Å². The predicted octanol–water partition coefficient (Wildman–Crippen LogP) is 4.87. The molecule has 0 atom stereocenters. The van der Waals surface area contributed by atoms with Crippen LogP contribution in [-0.4, -0.2) is 15.7 Å². The maximum absolute atomic E-state index is 12.5. The topological polar surface area (TPSA) is 59.0 Å². The quantitative estimate of drug-likeness (QED) is 0.538. The van der Waals surface area contributed by atoms with Gasteiger partial charge in [0.15, 0.2) is 0 Å². The number of amides is 1. The lowest BCUT2D eigenvalue weighted by molar-refractivity contribution is 0.102. The highest BCUT2D eigenvalue weighted by molar-refractivity contribution is 6.04. The Bertz CT molecular complexity index is 1020. The number of para-hydroxylation sites is 2. The van der Waals surface area contributed by atoms with E-state index >= 15 is 0 Å². The first-order valence-corrected chi connectivity index (χ1v) is 8.61. The van der Waals surface area contributed by atoms with E-state index in [1.807, 2.05) is 84.9 Å². The second-order valence-corrected chi connectivity index (χ2v) is 6.03. The molecule has 0 saturated carbocycles. The second kappa shape index (κ2) is 7.58. The largest absolute Gasteiger partial charge is 0.356 e. The highest BCUT2D eigenvalue weighted by Crippen LogP contribution is 2.19. The van der Waals surface area contributed by atoms with Gasteiger partial charge in [-0.25, -0.2) is 4.68 Å². The van der Waals surface area contributed by atoms with Crippen molar-refractivity contribution in [2.24, 2.45) is 0 Å². The summed E-state index contributed by atoms with van der Waals surface area (Å²) in [5, 5.41) is 10.5. The minimum Gasteiger partial charge on any atom is -0.356 e. The number of carbonyl (C=O) groups excluding carboxylic acids is 1. The molecule has 2 N–H and O–H groups in total. The Morgan fingerprint density at radius 2 is 1.33 bits per heavy atom. The third-order valence-electron chi connectivity index (χ3n) is 4.07. The Kier molecular flexibility index (Phi) is 4.66.